The topological polar surface area (TPSA) is 34.2 Å². The minimum absolute atomic E-state index is 0.711. The number of methoxy groups -OCH3 is 1. The lowest BCUT2D eigenvalue weighted by molar-refractivity contribution is 0.406. The molecule has 0 spiro atoms. The molecule has 1 unspecified atom stereocenters. The Hall–Kier alpha value is -1.09. The third-order valence-corrected chi connectivity index (χ3v) is 3.23. The van der Waals surface area contributed by atoms with E-state index < -0.39 is 0 Å². The van der Waals surface area contributed by atoms with Crippen LogP contribution in [0.2, 0.25) is 0 Å². The normalized spacial score (nSPS) is 12.5. The number of aryl methyl sites for hydroxylation is 1. The standard InChI is InChI=1S/C14H24N2O/c1-6-10(2)7-15-9-13-12(4)14(17-5)11(3)8-16-13/h8,10,15H,6-7,9H2,1-5H3. The Morgan fingerprint density at radius 2 is 2.12 bits per heavy atom. The van der Waals surface area contributed by atoms with Crippen molar-refractivity contribution in [3.05, 3.63) is 23.0 Å². The van der Waals surface area contributed by atoms with Gasteiger partial charge in [0.25, 0.3) is 0 Å². The Kier molecular flexibility index (Phi) is 5.42. The van der Waals surface area contributed by atoms with Crippen LogP contribution in [-0.4, -0.2) is 18.6 Å². The molecule has 3 heteroatoms. The zero-order valence-electron chi connectivity index (χ0n) is 11.6. The molecule has 0 aliphatic heterocycles. The molecule has 1 aromatic rings. The summed E-state index contributed by atoms with van der Waals surface area (Å²) in [6.07, 6.45) is 3.09. The van der Waals surface area contributed by atoms with Gasteiger partial charge in [-0.25, -0.2) is 0 Å². The van der Waals surface area contributed by atoms with Crippen LogP contribution < -0.4 is 10.1 Å². The monoisotopic (exact) mass is 236 g/mol. The first-order chi connectivity index (χ1) is 8.10. The highest BCUT2D eigenvalue weighted by Crippen LogP contribution is 2.23. The van der Waals surface area contributed by atoms with Gasteiger partial charge in [-0.05, 0) is 26.3 Å². The molecule has 1 heterocycles. The van der Waals surface area contributed by atoms with Crippen molar-refractivity contribution in [1.82, 2.24) is 10.3 Å². The van der Waals surface area contributed by atoms with Gasteiger partial charge in [0.05, 0.1) is 12.8 Å². The molecule has 0 fully saturated rings. The first-order valence-electron chi connectivity index (χ1n) is 6.29. The lowest BCUT2D eigenvalue weighted by atomic mass is 10.1. The van der Waals surface area contributed by atoms with Crippen LogP contribution in [0.5, 0.6) is 5.75 Å². The maximum Gasteiger partial charge on any atom is 0.128 e. The largest absolute Gasteiger partial charge is 0.496 e. The SMILES string of the molecule is CCC(C)CNCc1ncc(C)c(OC)c1C. The van der Waals surface area contributed by atoms with Gasteiger partial charge in [0, 0.05) is 23.9 Å². The van der Waals surface area contributed by atoms with Crippen LogP contribution >= 0.6 is 0 Å². The molecule has 0 aromatic carbocycles. The maximum atomic E-state index is 5.40. The molecule has 0 bridgehead atoms. The number of hydrogen-bond acceptors (Lipinski definition) is 3. The van der Waals surface area contributed by atoms with Crippen LogP contribution in [0.1, 0.15) is 37.1 Å². The van der Waals surface area contributed by atoms with E-state index in [9.17, 15) is 0 Å². The van der Waals surface area contributed by atoms with Gasteiger partial charge in [-0.15, -0.1) is 0 Å². The van der Waals surface area contributed by atoms with Crippen molar-refractivity contribution in [3.8, 4) is 5.75 Å². The average molecular weight is 236 g/mol. The number of nitrogens with zero attached hydrogens (tertiary/aromatic N) is 1. The van der Waals surface area contributed by atoms with Crippen LogP contribution in [0.15, 0.2) is 6.20 Å². The molecule has 0 saturated carbocycles. The van der Waals surface area contributed by atoms with Gasteiger partial charge in [0.2, 0.25) is 0 Å². The molecule has 0 radical (unpaired) electrons. The van der Waals surface area contributed by atoms with E-state index in [1.165, 1.54) is 6.42 Å². The second-order valence-corrected chi connectivity index (χ2v) is 4.69. The van der Waals surface area contributed by atoms with Gasteiger partial charge in [-0.3, -0.25) is 4.98 Å². The summed E-state index contributed by atoms with van der Waals surface area (Å²) in [5.41, 5.74) is 3.32. The molecule has 1 N–H and O–H groups in total. The van der Waals surface area contributed by atoms with Crippen molar-refractivity contribution in [2.24, 2.45) is 5.92 Å². The fourth-order valence-electron chi connectivity index (χ4n) is 1.83. The fourth-order valence-corrected chi connectivity index (χ4v) is 1.83. The predicted molar refractivity (Wildman–Crippen MR) is 71.4 cm³/mol. The third-order valence-electron chi connectivity index (χ3n) is 3.23. The number of pyridine rings is 1. The molecule has 17 heavy (non-hydrogen) atoms. The Balaban J connectivity index is 2.66. The van der Waals surface area contributed by atoms with Gasteiger partial charge in [-0.1, -0.05) is 20.3 Å². The molecular weight excluding hydrogens is 212 g/mol. The Morgan fingerprint density at radius 1 is 1.41 bits per heavy atom. The van der Waals surface area contributed by atoms with Gasteiger partial charge < -0.3 is 10.1 Å². The number of aromatic nitrogens is 1. The molecular formula is C14H24N2O. The molecule has 1 rings (SSSR count). The highest BCUT2D eigenvalue weighted by Gasteiger charge is 2.09. The quantitative estimate of drug-likeness (QED) is 0.824. The van der Waals surface area contributed by atoms with E-state index in [-0.39, 0.29) is 0 Å². The summed E-state index contributed by atoms with van der Waals surface area (Å²) in [7, 11) is 1.71. The van der Waals surface area contributed by atoms with E-state index in [1.54, 1.807) is 7.11 Å². The van der Waals surface area contributed by atoms with E-state index in [1.807, 2.05) is 13.1 Å². The first kappa shape index (κ1) is 14.0. The van der Waals surface area contributed by atoms with Crippen molar-refractivity contribution >= 4 is 0 Å². The number of nitrogens with one attached hydrogen (secondary N) is 1. The third kappa shape index (κ3) is 3.70. The Bertz CT molecular complexity index is 363. The van der Waals surface area contributed by atoms with E-state index >= 15 is 0 Å². The molecule has 3 nitrogen and oxygen atoms in total. The maximum absolute atomic E-state index is 5.40. The molecule has 96 valence electrons. The second kappa shape index (κ2) is 6.60. The van der Waals surface area contributed by atoms with Crippen LogP contribution in [0.25, 0.3) is 0 Å². The second-order valence-electron chi connectivity index (χ2n) is 4.69. The predicted octanol–water partition coefficient (Wildman–Crippen LogP) is 2.84. The molecule has 0 amide bonds. The van der Waals surface area contributed by atoms with E-state index in [4.69, 9.17) is 4.74 Å². The van der Waals surface area contributed by atoms with E-state index in [2.05, 4.69) is 31.1 Å². The van der Waals surface area contributed by atoms with Crippen molar-refractivity contribution in [1.29, 1.82) is 0 Å². The van der Waals surface area contributed by atoms with Crippen molar-refractivity contribution in [3.63, 3.8) is 0 Å². The molecule has 0 saturated heterocycles. The molecule has 0 aliphatic carbocycles. The summed E-state index contributed by atoms with van der Waals surface area (Å²) in [6.45, 7) is 10.4. The first-order valence-corrected chi connectivity index (χ1v) is 6.29. The summed E-state index contributed by atoms with van der Waals surface area (Å²) < 4.78 is 5.40. The van der Waals surface area contributed by atoms with Crippen molar-refractivity contribution < 1.29 is 4.74 Å². The minimum atomic E-state index is 0.711. The fraction of sp³-hybridized carbons (Fsp3) is 0.643. The van der Waals surface area contributed by atoms with Gasteiger partial charge in [0.1, 0.15) is 5.75 Å². The van der Waals surface area contributed by atoms with Crippen LogP contribution in [0, 0.1) is 19.8 Å². The Labute approximate surface area is 105 Å². The van der Waals surface area contributed by atoms with Crippen molar-refractivity contribution in [2.45, 2.75) is 40.7 Å². The summed E-state index contributed by atoms with van der Waals surface area (Å²) in [5, 5.41) is 3.45. The van der Waals surface area contributed by atoms with Crippen LogP contribution in [-0.2, 0) is 6.54 Å². The van der Waals surface area contributed by atoms with Crippen LogP contribution in [0.3, 0.4) is 0 Å². The summed E-state index contributed by atoms with van der Waals surface area (Å²) in [4.78, 5) is 4.47. The van der Waals surface area contributed by atoms with E-state index in [0.29, 0.717) is 5.92 Å². The zero-order valence-corrected chi connectivity index (χ0v) is 11.6. The van der Waals surface area contributed by atoms with Gasteiger partial charge in [0.15, 0.2) is 0 Å². The minimum Gasteiger partial charge on any atom is -0.496 e. The lowest BCUT2D eigenvalue weighted by Crippen LogP contribution is -2.21. The molecule has 1 atom stereocenters. The molecule has 0 aliphatic rings. The zero-order chi connectivity index (χ0) is 12.8. The lowest BCUT2D eigenvalue weighted by Gasteiger charge is -2.14. The smallest absolute Gasteiger partial charge is 0.128 e. The Morgan fingerprint density at radius 3 is 2.71 bits per heavy atom. The van der Waals surface area contributed by atoms with Crippen LogP contribution in [0.4, 0.5) is 0 Å². The number of rotatable bonds is 6. The van der Waals surface area contributed by atoms with Gasteiger partial charge in [-0.2, -0.15) is 0 Å². The number of ether oxygens (including phenoxy) is 1. The summed E-state index contributed by atoms with van der Waals surface area (Å²) >= 11 is 0. The summed E-state index contributed by atoms with van der Waals surface area (Å²) in [5.74, 6) is 1.67. The van der Waals surface area contributed by atoms with E-state index in [0.717, 1.165) is 35.7 Å². The van der Waals surface area contributed by atoms with Gasteiger partial charge >= 0.3 is 0 Å². The summed E-state index contributed by atoms with van der Waals surface area (Å²) in [6, 6.07) is 0. The highest BCUT2D eigenvalue weighted by atomic mass is 16.5. The van der Waals surface area contributed by atoms with Crippen molar-refractivity contribution in [2.75, 3.05) is 13.7 Å². The number of hydrogen-bond donors (Lipinski definition) is 1. The average Bonchev–Trinajstić information content (AvgIpc) is 2.32. The molecule has 1 aromatic heterocycles. The highest BCUT2D eigenvalue weighted by molar-refractivity contribution is 5.40.